The van der Waals surface area contributed by atoms with Crippen molar-refractivity contribution < 1.29 is 14.3 Å². The Balaban J connectivity index is 0.00000361. The third-order valence-electron chi connectivity index (χ3n) is 2.60. The number of benzene rings is 1. The van der Waals surface area contributed by atoms with Crippen LogP contribution in [0, 0.1) is 5.92 Å². The maximum atomic E-state index is 11.8. The summed E-state index contributed by atoms with van der Waals surface area (Å²) < 4.78 is 4.91. The summed E-state index contributed by atoms with van der Waals surface area (Å²) in [5.74, 6) is -0.617. The fraction of sp³-hybridized carbons (Fsp3) is 0.429. The van der Waals surface area contributed by atoms with Gasteiger partial charge in [-0.25, -0.2) is 4.79 Å². The molecule has 0 saturated carbocycles. The molecule has 0 aliphatic heterocycles. The van der Waals surface area contributed by atoms with Crippen molar-refractivity contribution in [2.24, 2.45) is 5.92 Å². The number of carbonyl (C=O) groups is 2. The van der Waals surface area contributed by atoms with Crippen molar-refractivity contribution in [3.63, 3.8) is 0 Å². The molecule has 1 atom stereocenters. The summed E-state index contributed by atoms with van der Waals surface area (Å²) in [7, 11) is 1.80. The van der Waals surface area contributed by atoms with E-state index in [-0.39, 0.29) is 30.2 Å². The van der Waals surface area contributed by atoms with Gasteiger partial charge in [-0.2, -0.15) is 0 Å². The van der Waals surface area contributed by atoms with Gasteiger partial charge in [-0.05, 0) is 32.2 Å². The Morgan fingerprint density at radius 3 is 2.65 bits per heavy atom. The SMILES string of the molecule is CCOC(=O)c1cccc(NC(=O)C(C)CNC)c1.Cl. The molecule has 1 aromatic rings. The largest absolute Gasteiger partial charge is 0.462 e. The second-order valence-corrected chi connectivity index (χ2v) is 4.25. The van der Waals surface area contributed by atoms with Gasteiger partial charge in [0.2, 0.25) is 5.91 Å². The van der Waals surface area contributed by atoms with E-state index in [4.69, 9.17) is 4.74 Å². The van der Waals surface area contributed by atoms with Crippen LogP contribution in [0.5, 0.6) is 0 Å². The van der Waals surface area contributed by atoms with E-state index in [1.54, 1.807) is 38.2 Å². The number of rotatable bonds is 6. The Kier molecular flexibility index (Phi) is 8.59. The Morgan fingerprint density at radius 1 is 1.35 bits per heavy atom. The molecular weight excluding hydrogens is 280 g/mol. The molecule has 5 nitrogen and oxygen atoms in total. The van der Waals surface area contributed by atoms with Gasteiger partial charge in [0.15, 0.2) is 0 Å². The Morgan fingerprint density at radius 2 is 2.05 bits per heavy atom. The Labute approximate surface area is 125 Å². The summed E-state index contributed by atoms with van der Waals surface area (Å²) in [4.78, 5) is 23.4. The van der Waals surface area contributed by atoms with Gasteiger partial charge in [0.1, 0.15) is 0 Å². The van der Waals surface area contributed by atoms with E-state index in [9.17, 15) is 9.59 Å². The molecule has 20 heavy (non-hydrogen) atoms. The number of halogens is 1. The highest BCUT2D eigenvalue weighted by Gasteiger charge is 2.13. The standard InChI is InChI=1S/C14H20N2O3.ClH/c1-4-19-14(18)11-6-5-7-12(8-11)16-13(17)10(2)9-15-3;/h5-8,10,15H,4,9H2,1-3H3,(H,16,17);1H. The van der Waals surface area contributed by atoms with Crippen molar-refractivity contribution >= 4 is 30.0 Å². The first-order chi connectivity index (χ1) is 9.08. The molecule has 0 saturated heterocycles. The second-order valence-electron chi connectivity index (χ2n) is 4.25. The maximum Gasteiger partial charge on any atom is 0.338 e. The van der Waals surface area contributed by atoms with Crippen molar-refractivity contribution in [3.05, 3.63) is 29.8 Å². The third-order valence-corrected chi connectivity index (χ3v) is 2.60. The molecule has 1 unspecified atom stereocenters. The summed E-state index contributed by atoms with van der Waals surface area (Å²) in [6.45, 7) is 4.52. The lowest BCUT2D eigenvalue weighted by molar-refractivity contribution is -0.119. The smallest absolute Gasteiger partial charge is 0.338 e. The fourth-order valence-corrected chi connectivity index (χ4v) is 1.60. The third kappa shape index (κ3) is 5.59. The molecule has 1 rings (SSSR count). The lowest BCUT2D eigenvalue weighted by Crippen LogP contribution is -2.28. The Hall–Kier alpha value is -1.59. The zero-order valence-corrected chi connectivity index (χ0v) is 12.8. The highest BCUT2D eigenvalue weighted by molar-refractivity contribution is 5.95. The molecule has 0 aliphatic carbocycles. The first kappa shape index (κ1) is 18.4. The van der Waals surface area contributed by atoms with Crippen LogP contribution in [0.25, 0.3) is 0 Å². The normalized spacial score (nSPS) is 11.2. The number of amides is 1. The van der Waals surface area contributed by atoms with Gasteiger partial charge >= 0.3 is 5.97 Å². The van der Waals surface area contributed by atoms with Crippen LogP contribution in [-0.4, -0.2) is 32.1 Å². The predicted molar refractivity (Wildman–Crippen MR) is 81.4 cm³/mol. The highest BCUT2D eigenvalue weighted by atomic mass is 35.5. The molecule has 1 amide bonds. The molecule has 0 aliphatic rings. The van der Waals surface area contributed by atoms with E-state index in [2.05, 4.69) is 10.6 Å². The molecule has 0 radical (unpaired) electrons. The van der Waals surface area contributed by atoms with Gasteiger partial charge < -0.3 is 15.4 Å². The van der Waals surface area contributed by atoms with E-state index in [0.29, 0.717) is 24.4 Å². The van der Waals surface area contributed by atoms with Crippen LogP contribution >= 0.6 is 12.4 Å². The van der Waals surface area contributed by atoms with E-state index in [1.807, 2.05) is 6.92 Å². The lowest BCUT2D eigenvalue weighted by atomic mass is 10.1. The second kappa shape index (κ2) is 9.34. The van der Waals surface area contributed by atoms with Crippen LogP contribution in [0.4, 0.5) is 5.69 Å². The number of esters is 1. The Bertz CT molecular complexity index is 452. The van der Waals surface area contributed by atoms with Crippen LogP contribution in [0.15, 0.2) is 24.3 Å². The van der Waals surface area contributed by atoms with Gasteiger partial charge in [-0.3, -0.25) is 4.79 Å². The number of ether oxygens (including phenoxy) is 1. The van der Waals surface area contributed by atoms with E-state index < -0.39 is 0 Å². The molecule has 0 heterocycles. The monoisotopic (exact) mass is 300 g/mol. The highest BCUT2D eigenvalue weighted by Crippen LogP contribution is 2.13. The maximum absolute atomic E-state index is 11.8. The average molecular weight is 301 g/mol. The minimum Gasteiger partial charge on any atom is -0.462 e. The first-order valence-corrected chi connectivity index (χ1v) is 6.31. The number of carbonyl (C=O) groups excluding carboxylic acids is 2. The van der Waals surface area contributed by atoms with Crippen LogP contribution in [0.1, 0.15) is 24.2 Å². The molecule has 6 heteroatoms. The summed E-state index contributed by atoms with van der Waals surface area (Å²) in [5, 5.41) is 5.72. The van der Waals surface area contributed by atoms with Crippen LogP contribution in [0.2, 0.25) is 0 Å². The van der Waals surface area contributed by atoms with Crippen molar-refractivity contribution in [2.45, 2.75) is 13.8 Å². The van der Waals surface area contributed by atoms with E-state index in [0.717, 1.165) is 0 Å². The van der Waals surface area contributed by atoms with Crippen molar-refractivity contribution in [1.82, 2.24) is 5.32 Å². The molecule has 1 aromatic carbocycles. The van der Waals surface area contributed by atoms with E-state index in [1.165, 1.54) is 0 Å². The minimum atomic E-state index is -0.387. The minimum absolute atomic E-state index is 0. The van der Waals surface area contributed by atoms with Gasteiger partial charge in [-0.15, -0.1) is 12.4 Å². The van der Waals surface area contributed by atoms with Gasteiger partial charge in [-0.1, -0.05) is 13.0 Å². The zero-order valence-electron chi connectivity index (χ0n) is 11.9. The quantitative estimate of drug-likeness (QED) is 0.789. The summed E-state index contributed by atoms with van der Waals surface area (Å²) in [6.07, 6.45) is 0. The number of hydrogen-bond donors (Lipinski definition) is 2. The van der Waals surface area contributed by atoms with Gasteiger partial charge in [0, 0.05) is 18.2 Å². The van der Waals surface area contributed by atoms with Crippen molar-refractivity contribution in [3.8, 4) is 0 Å². The van der Waals surface area contributed by atoms with Crippen molar-refractivity contribution in [2.75, 3.05) is 25.5 Å². The van der Waals surface area contributed by atoms with Gasteiger partial charge in [0.05, 0.1) is 12.2 Å². The summed E-state index contributed by atoms with van der Waals surface area (Å²) in [6, 6.07) is 6.73. The topological polar surface area (TPSA) is 67.4 Å². The molecule has 112 valence electrons. The number of hydrogen-bond acceptors (Lipinski definition) is 4. The molecule has 0 fully saturated rings. The summed E-state index contributed by atoms with van der Waals surface area (Å²) >= 11 is 0. The molecule has 0 spiro atoms. The average Bonchev–Trinajstić information content (AvgIpc) is 2.39. The molecule has 0 aromatic heterocycles. The van der Waals surface area contributed by atoms with Crippen LogP contribution in [-0.2, 0) is 9.53 Å². The van der Waals surface area contributed by atoms with Crippen LogP contribution < -0.4 is 10.6 Å². The number of anilines is 1. The molecule has 0 bridgehead atoms. The van der Waals surface area contributed by atoms with Crippen molar-refractivity contribution in [1.29, 1.82) is 0 Å². The zero-order chi connectivity index (χ0) is 14.3. The van der Waals surface area contributed by atoms with E-state index >= 15 is 0 Å². The van der Waals surface area contributed by atoms with Gasteiger partial charge in [0.25, 0.3) is 0 Å². The molecule has 2 N–H and O–H groups in total. The predicted octanol–water partition coefficient (Wildman–Crippen LogP) is 2.08. The first-order valence-electron chi connectivity index (χ1n) is 6.31. The number of nitrogens with one attached hydrogen (secondary N) is 2. The van der Waals surface area contributed by atoms with Crippen LogP contribution in [0.3, 0.4) is 0 Å². The fourth-order valence-electron chi connectivity index (χ4n) is 1.60. The molecular formula is C14H21ClN2O3. The summed E-state index contributed by atoms with van der Waals surface area (Å²) in [5.41, 5.74) is 1.03. The lowest BCUT2D eigenvalue weighted by Gasteiger charge is -2.12.